The first-order valence-electron chi connectivity index (χ1n) is 10.0. The van der Waals surface area contributed by atoms with Gasteiger partial charge in [0.25, 0.3) is 11.8 Å². The first-order valence-corrected chi connectivity index (χ1v) is 10.0. The molecule has 2 aromatic carbocycles. The highest BCUT2D eigenvalue weighted by molar-refractivity contribution is 5.94. The van der Waals surface area contributed by atoms with E-state index >= 15 is 0 Å². The summed E-state index contributed by atoms with van der Waals surface area (Å²) in [6, 6.07) is 13.2. The van der Waals surface area contributed by atoms with Gasteiger partial charge in [-0.1, -0.05) is 23.4 Å². The third-order valence-electron chi connectivity index (χ3n) is 5.39. The molecule has 1 aromatic heterocycles. The zero-order chi connectivity index (χ0) is 21.8. The maximum absolute atomic E-state index is 13.4. The van der Waals surface area contributed by atoms with Crippen molar-refractivity contribution in [1.82, 2.24) is 15.4 Å². The molecule has 0 saturated carbocycles. The Kier molecular flexibility index (Phi) is 6.06. The summed E-state index contributed by atoms with van der Waals surface area (Å²) in [5.74, 6) is -1.19. The SMILES string of the molecule is O=C(NCc1ccc(F)cc1)c1cc(C2CCN(C(=O)c3cccc(F)c3)CC2)no1. The largest absolute Gasteiger partial charge is 0.351 e. The minimum Gasteiger partial charge on any atom is -0.351 e. The van der Waals surface area contributed by atoms with Crippen molar-refractivity contribution in [3.8, 4) is 0 Å². The van der Waals surface area contributed by atoms with Crippen LogP contribution in [0.25, 0.3) is 0 Å². The lowest BCUT2D eigenvalue weighted by Crippen LogP contribution is -2.38. The summed E-state index contributed by atoms with van der Waals surface area (Å²) in [4.78, 5) is 26.5. The van der Waals surface area contributed by atoms with Crippen molar-refractivity contribution >= 4 is 11.8 Å². The zero-order valence-corrected chi connectivity index (χ0v) is 16.7. The topological polar surface area (TPSA) is 75.4 Å². The third-order valence-corrected chi connectivity index (χ3v) is 5.39. The fourth-order valence-electron chi connectivity index (χ4n) is 3.64. The van der Waals surface area contributed by atoms with Gasteiger partial charge in [0.1, 0.15) is 11.6 Å². The number of hydrogen-bond donors (Lipinski definition) is 1. The lowest BCUT2D eigenvalue weighted by molar-refractivity contribution is 0.0710. The lowest BCUT2D eigenvalue weighted by atomic mass is 9.93. The van der Waals surface area contributed by atoms with Crippen LogP contribution in [0.3, 0.4) is 0 Å². The van der Waals surface area contributed by atoms with E-state index in [1.165, 1.54) is 30.3 Å². The molecule has 1 fully saturated rings. The predicted molar refractivity (Wildman–Crippen MR) is 108 cm³/mol. The van der Waals surface area contributed by atoms with Gasteiger partial charge >= 0.3 is 0 Å². The van der Waals surface area contributed by atoms with Gasteiger partial charge in [-0.15, -0.1) is 0 Å². The van der Waals surface area contributed by atoms with Crippen molar-refractivity contribution in [1.29, 1.82) is 0 Å². The smallest absolute Gasteiger partial charge is 0.290 e. The van der Waals surface area contributed by atoms with Gasteiger partial charge in [-0.3, -0.25) is 9.59 Å². The molecule has 6 nitrogen and oxygen atoms in total. The van der Waals surface area contributed by atoms with E-state index in [0.29, 0.717) is 37.2 Å². The van der Waals surface area contributed by atoms with Crippen LogP contribution in [-0.2, 0) is 6.54 Å². The van der Waals surface area contributed by atoms with Gasteiger partial charge in [0.2, 0.25) is 5.76 Å². The Morgan fingerprint density at radius 3 is 2.48 bits per heavy atom. The molecule has 1 aliphatic heterocycles. The fraction of sp³-hybridized carbons (Fsp3) is 0.261. The van der Waals surface area contributed by atoms with E-state index < -0.39 is 11.7 Å². The number of likely N-dealkylation sites (tertiary alicyclic amines) is 1. The minimum absolute atomic E-state index is 0.0685. The summed E-state index contributed by atoms with van der Waals surface area (Å²) < 4.78 is 31.5. The Labute approximate surface area is 177 Å². The van der Waals surface area contributed by atoms with Crippen LogP contribution < -0.4 is 5.32 Å². The average Bonchev–Trinajstić information content (AvgIpc) is 3.29. The summed E-state index contributed by atoms with van der Waals surface area (Å²) in [5, 5.41) is 6.75. The van der Waals surface area contributed by atoms with Gasteiger partial charge in [-0.05, 0) is 48.7 Å². The molecule has 0 unspecified atom stereocenters. The maximum atomic E-state index is 13.4. The molecular weight excluding hydrogens is 404 g/mol. The van der Waals surface area contributed by atoms with Crippen LogP contribution in [-0.4, -0.2) is 35.0 Å². The van der Waals surface area contributed by atoms with Crippen LogP contribution in [0, 0.1) is 11.6 Å². The number of benzene rings is 2. The molecule has 4 rings (SSSR count). The Morgan fingerprint density at radius 2 is 1.77 bits per heavy atom. The van der Waals surface area contributed by atoms with E-state index in [1.54, 1.807) is 29.2 Å². The molecule has 160 valence electrons. The normalized spacial score (nSPS) is 14.5. The van der Waals surface area contributed by atoms with Crippen LogP contribution in [0.15, 0.2) is 59.1 Å². The van der Waals surface area contributed by atoms with Crippen molar-refractivity contribution < 1.29 is 22.9 Å². The second-order valence-electron chi connectivity index (χ2n) is 7.50. The van der Waals surface area contributed by atoms with E-state index in [0.717, 1.165) is 5.56 Å². The van der Waals surface area contributed by atoms with Crippen LogP contribution in [0.2, 0.25) is 0 Å². The highest BCUT2D eigenvalue weighted by Crippen LogP contribution is 2.28. The van der Waals surface area contributed by atoms with E-state index in [4.69, 9.17) is 4.52 Å². The Balaban J connectivity index is 1.31. The third kappa shape index (κ3) is 4.96. The number of amides is 2. The highest BCUT2D eigenvalue weighted by atomic mass is 19.1. The maximum Gasteiger partial charge on any atom is 0.290 e. The van der Waals surface area contributed by atoms with Gasteiger partial charge in [0.05, 0.1) is 5.69 Å². The molecule has 0 spiro atoms. The number of nitrogens with zero attached hydrogens (tertiary/aromatic N) is 2. The molecule has 8 heteroatoms. The average molecular weight is 425 g/mol. The monoisotopic (exact) mass is 425 g/mol. The van der Waals surface area contributed by atoms with Gasteiger partial charge in [0.15, 0.2) is 0 Å². The van der Waals surface area contributed by atoms with Crippen LogP contribution in [0.5, 0.6) is 0 Å². The molecule has 0 radical (unpaired) electrons. The second-order valence-corrected chi connectivity index (χ2v) is 7.50. The number of aromatic nitrogens is 1. The molecule has 1 N–H and O–H groups in total. The molecule has 0 atom stereocenters. The molecule has 0 bridgehead atoms. The van der Waals surface area contributed by atoms with Crippen molar-refractivity contribution in [3.63, 3.8) is 0 Å². The lowest BCUT2D eigenvalue weighted by Gasteiger charge is -2.31. The Morgan fingerprint density at radius 1 is 1.03 bits per heavy atom. The van der Waals surface area contributed by atoms with Gasteiger partial charge in [-0.2, -0.15) is 0 Å². The number of nitrogens with one attached hydrogen (secondary N) is 1. The predicted octanol–water partition coefficient (Wildman–Crippen LogP) is 3.90. The standard InChI is InChI=1S/C23H21F2N3O3/c24-18-6-4-15(5-7-18)14-26-22(29)21-13-20(27-31-21)16-8-10-28(11-9-16)23(30)17-2-1-3-19(25)12-17/h1-7,12-13,16H,8-11,14H2,(H,26,29). The Bertz CT molecular complexity index is 1070. The van der Waals surface area contributed by atoms with E-state index in [1.807, 2.05) is 0 Å². The number of halogens is 2. The van der Waals surface area contributed by atoms with Gasteiger partial charge < -0.3 is 14.7 Å². The molecule has 2 heterocycles. The first kappa shape index (κ1) is 20.7. The number of carbonyl (C=O) groups excluding carboxylic acids is 2. The molecule has 1 saturated heterocycles. The molecule has 0 aliphatic carbocycles. The van der Waals surface area contributed by atoms with Crippen molar-refractivity contribution in [2.45, 2.75) is 25.3 Å². The fourth-order valence-corrected chi connectivity index (χ4v) is 3.64. The number of hydrogen-bond acceptors (Lipinski definition) is 4. The van der Waals surface area contributed by atoms with E-state index in [-0.39, 0.29) is 29.9 Å². The summed E-state index contributed by atoms with van der Waals surface area (Å²) in [6.07, 6.45) is 1.34. The summed E-state index contributed by atoms with van der Waals surface area (Å²) in [7, 11) is 0. The Hall–Kier alpha value is -3.55. The van der Waals surface area contributed by atoms with E-state index in [9.17, 15) is 18.4 Å². The number of rotatable bonds is 5. The van der Waals surface area contributed by atoms with Crippen molar-refractivity contribution in [3.05, 3.63) is 88.8 Å². The van der Waals surface area contributed by atoms with Gasteiger partial charge in [-0.25, -0.2) is 8.78 Å². The number of piperidine rings is 1. The van der Waals surface area contributed by atoms with Crippen LogP contribution in [0.1, 0.15) is 50.9 Å². The summed E-state index contributed by atoms with van der Waals surface area (Å²) in [5.41, 5.74) is 1.77. The number of carbonyl (C=O) groups is 2. The van der Waals surface area contributed by atoms with Crippen LogP contribution in [0.4, 0.5) is 8.78 Å². The van der Waals surface area contributed by atoms with Crippen molar-refractivity contribution in [2.75, 3.05) is 13.1 Å². The molecular formula is C23H21F2N3O3. The van der Waals surface area contributed by atoms with Gasteiger partial charge in [0, 0.05) is 37.2 Å². The summed E-state index contributed by atoms with van der Waals surface area (Å²) >= 11 is 0. The van der Waals surface area contributed by atoms with Crippen molar-refractivity contribution in [2.24, 2.45) is 0 Å². The molecule has 2 amide bonds. The molecule has 3 aromatic rings. The highest BCUT2D eigenvalue weighted by Gasteiger charge is 2.27. The minimum atomic E-state index is -0.437. The molecule has 1 aliphatic rings. The molecule has 31 heavy (non-hydrogen) atoms. The second kappa shape index (κ2) is 9.07. The van der Waals surface area contributed by atoms with Crippen LogP contribution >= 0.6 is 0 Å². The zero-order valence-electron chi connectivity index (χ0n) is 16.7. The summed E-state index contributed by atoms with van der Waals surface area (Å²) in [6.45, 7) is 1.27. The first-order chi connectivity index (χ1) is 15.0. The van der Waals surface area contributed by atoms with E-state index in [2.05, 4.69) is 10.5 Å². The quantitative estimate of drug-likeness (QED) is 0.673.